The van der Waals surface area contributed by atoms with Gasteiger partial charge in [0.15, 0.2) is 0 Å². The van der Waals surface area contributed by atoms with E-state index in [0.717, 1.165) is 89.9 Å². The van der Waals surface area contributed by atoms with Crippen LogP contribution in [0.3, 0.4) is 0 Å². The van der Waals surface area contributed by atoms with Crippen LogP contribution >= 0.6 is 0 Å². The number of hydrogen-bond acceptors (Lipinski definition) is 5. The van der Waals surface area contributed by atoms with E-state index in [2.05, 4.69) is 24.5 Å². The van der Waals surface area contributed by atoms with Crippen LogP contribution in [0.1, 0.15) is 104 Å². The highest BCUT2D eigenvalue weighted by molar-refractivity contribution is 5.79. The molecule has 4 aliphatic carbocycles. The lowest BCUT2D eigenvalue weighted by molar-refractivity contribution is -0.130. The van der Waals surface area contributed by atoms with Crippen LogP contribution in [0, 0.1) is 23.7 Å². The van der Waals surface area contributed by atoms with E-state index in [1.807, 2.05) is 0 Å². The molecule has 0 heterocycles. The van der Waals surface area contributed by atoms with Gasteiger partial charge in [0.25, 0.3) is 0 Å². The van der Waals surface area contributed by atoms with Gasteiger partial charge in [-0.25, -0.2) is 0 Å². The second-order valence-corrected chi connectivity index (χ2v) is 12.4. The molecule has 0 spiro atoms. The zero-order chi connectivity index (χ0) is 24.9. The van der Waals surface area contributed by atoms with E-state index in [4.69, 9.17) is 16.2 Å². The molecular formula is C28H50N4O3. The number of rotatable bonds is 6. The topological polar surface area (TPSA) is 119 Å². The Morgan fingerprint density at radius 2 is 0.971 bits per heavy atom. The van der Waals surface area contributed by atoms with Gasteiger partial charge in [0, 0.05) is 36.0 Å². The van der Waals surface area contributed by atoms with Gasteiger partial charge >= 0.3 is 0 Å². The molecule has 35 heavy (non-hydrogen) atoms. The molecule has 4 saturated carbocycles. The van der Waals surface area contributed by atoms with Gasteiger partial charge in [0.2, 0.25) is 11.8 Å². The molecule has 0 bridgehead atoms. The second-order valence-electron chi connectivity index (χ2n) is 12.4. The fourth-order valence-corrected chi connectivity index (χ4v) is 6.91. The van der Waals surface area contributed by atoms with Crippen molar-refractivity contribution in [1.82, 2.24) is 10.6 Å². The lowest BCUT2D eigenvalue weighted by Crippen LogP contribution is -2.49. The molecule has 0 aromatic heterocycles. The number of amides is 2. The van der Waals surface area contributed by atoms with Gasteiger partial charge in [-0.1, -0.05) is 13.8 Å². The Bertz CT molecular complexity index is 644. The van der Waals surface area contributed by atoms with E-state index >= 15 is 0 Å². The molecule has 6 atom stereocenters. The van der Waals surface area contributed by atoms with Crippen LogP contribution in [-0.4, -0.2) is 48.2 Å². The van der Waals surface area contributed by atoms with Crippen LogP contribution in [0.15, 0.2) is 0 Å². The highest BCUT2D eigenvalue weighted by atomic mass is 16.5. The van der Waals surface area contributed by atoms with Crippen LogP contribution in [0.2, 0.25) is 0 Å². The lowest BCUT2D eigenvalue weighted by atomic mass is 9.81. The quantitative estimate of drug-likeness (QED) is 0.455. The molecule has 6 N–H and O–H groups in total. The lowest BCUT2D eigenvalue weighted by Gasteiger charge is -2.37. The van der Waals surface area contributed by atoms with E-state index in [1.165, 1.54) is 0 Å². The molecule has 0 aliphatic heterocycles. The maximum Gasteiger partial charge on any atom is 0.223 e. The summed E-state index contributed by atoms with van der Waals surface area (Å²) in [4.78, 5) is 25.7. The summed E-state index contributed by atoms with van der Waals surface area (Å²) in [5.74, 6) is 1.67. The van der Waals surface area contributed by atoms with E-state index in [0.29, 0.717) is 11.8 Å². The monoisotopic (exact) mass is 490 g/mol. The van der Waals surface area contributed by atoms with Crippen molar-refractivity contribution in [3.05, 3.63) is 0 Å². The first-order chi connectivity index (χ1) is 16.8. The van der Waals surface area contributed by atoms with Crippen molar-refractivity contribution < 1.29 is 14.3 Å². The van der Waals surface area contributed by atoms with Crippen LogP contribution in [-0.2, 0) is 14.3 Å². The Kier molecular flexibility index (Phi) is 9.50. The van der Waals surface area contributed by atoms with Crippen molar-refractivity contribution in [2.24, 2.45) is 35.1 Å². The fourth-order valence-electron chi connectivity index (χ4n) is 6.91. The van der Waals surface area contributed by atoms with E-state index in [9.17, 15) is 9.59 Å². The minimum Gasteiger partial charge on any atom is -0.375 e. The molecule has 0 aromatic rings. The maximum absolute atomic E-state index is 12.9. The zero-order valence-electron chi connectivity index (χ0n) is 22.1. The average Bonchev–Trinajstić information content (AvgIpc) is 2.84. The van der Waals surface area contributed by atoms with Crippen LogP contribution < -0.4 is 22.1 Å². The first kappa shape index (κ1) is 26.9. The van der Waals surface area contributed by atoms with Gasteiger partial charge in [-0.05, 0) is 102 Å². The molecule has 0 saturated heterocycles. The van der Waals surface area contributed by atoms with Gasteiger partial charge in [0.1, 0.15) is 0 Å². The van der Waals surface area contributed by atoms with Crippen LogP contribution in [0.5, 0.6) is 0 Å². The predicted octanol–water partition coefficient (Wildman–Crippen LogP) is 3.38. The minimum atomic E-state index is 0.106. The number of nitrogens with two attached hydrogens (primary N) is 2. The molecule has 4 rings (SSSR count). The Balaban J connectivity index is 1.13. The molecule has 4 fully saturated rings. The van der Waals surface area contributed by atoms with E-state index in [-0.39, 0.29) is 60.0 Å². The van der Waals surface area contributed by atoms with Crippen molar-refractivity contribution in [3.63, 3.8) is 0 Å². The summed E-state index contributed by atoms with van der Waals surface area (Å²) in [6.45, 7) is 4.46. The predicted molar refractivity (Wildman–Crippen MR) is 138 cm³/mol. The van der Waals surface area contributed by atoms with Crippen molar-refractivity contribution in [3.8, 4) is 0 Å². The third-order valence-corrected chi connectivity index (χ3v) is 9.60. The summed E-state index contributed by atoms with van der Waals surface area (Å²) in [5.41, 5.74) is 12.3. The third kappa shape index (κ3) is 7.42. The number of hydrogen-bond donors (Lipinski definition) is 4. The Morgan fingerprint density at radius 1 is 0.600 bits per heavy atom. The first-order valence-electron chi connectivity index (χ1n) is 14.6. The molecule has 7 nitrogen and oxygen atoms in total. The summed E-state index contributed by atoms with van der Waals surface area (Å²) in [5, 5.41) is 6.62. The Morgan fingerprint density at radius 3 is 1.34 bits per heavy atom. The highest BCUT2D eigenvalue weighted by Crippen LogP contribution is 2.33. The number of carbonyl (C=O) groups is 2. The Hall–Kier alpha value is -1.18. The fraction of sp³-hybridized carbons (Fsp3) is 0.929. The average molecular weight is 491 g/mol. The molecule has 0 aromatic carbocycles. The number of ether oxygens (including phenoxy) is 1. The standard InChI is InChI=1S/C28H50N4O3/c1-17-3-9-21(29)15-25(17)31-27(33)19-5-11-23(12-6-19)35-24-13-7-20(8-14-24)28(34)32-26-16-22(30)10-4-18(26)2/h17-26H,3-16,29-30H2,1-2H3,(H,31,33)(H,32,34). The summed E-state index contributed by atoms with van der Waals surface area (Å²) in [6, 6.07) is 0.892. The van der Waals surface area contributed by atoms with Crippen LogP contribution in [0.25, 0.3) is 0 Å². The zero-order valence-corrected chi connectivity index (χ0v) is 22.1. The molecule has 7 heteroatoms. The summed E-state index contributed by atoms with van der Waals surface area (Å²) < 4.78 is 6.45. The van der Waals surface area contributed by atoms with E-state index in [1.54, 1.807) is 0 Å². The number of carbonyl (C=O) groups excluding carboxylic acids is 2. The second kappa shape index (κ2) is 12.4. The Labute approximate surface area is 212 Å². The maximum atomic E-state index is 12.9. The molecule has 2 amide bonds. The van der Waals surface area contributed by atoms with Gasteiger partial charge < -0.3 is 26.8 Å². The summed E-state index contributed by atoms with van der Waals surface area (Å²) in [7, 11) is 0. The van der Waals surface area contributed by atoms with Crippen molar-refractivity contribution in [1.29, 1.82) is 0 Å². The summed E-state index contributed by atoms with van der Waals surface area (Å²) in [6.07, 6.45) is 14.1. The summed E-state index contributed by atoms with van der Waals surface area (Å²) >= 11 is 0. The van der Waals surface area contributed by atoms with Gasteiger partial charge in [-0.15, -0.1) is 0 Å². The normalized spacial score (nSPS) is 42.7. The molecular weight excluding hydrogens is 440 g/mol. The largest absolute Gasteiger partial charge is 0.375 e. The van der Waals surface area contributed by atoms with E-state index < -0.39 is 0 Å². The van der Waals surface area contributed by atoms with Crippen molar-refractivity contribution >= 4 is 11.8 Å². The highest BCUT2D eigenvalue weighted by Gasteiger charge is 2.35. The smallest absolute Gasteiger partial charge is 0.223 e. The number of nitrogens with one attached hydrogen (secondary N) is 2. The van der Waals surface area contributed by atoms with Crippen LogP contribution in [0.4, 0.5) is 0 Å². The molecule has 4 aliphatic rings. The first-order valence-corrected chi connectivity index (χ1v) is 14.6. The molecule has 200 valence electrons. The molecule has 6 unspecified atom stereocenters. The van der Waals surface area contributed by atoms with Crippen molar-refractivity contribution in [2.75, 3.05) is 0 Å². The van der Waals surface area contributed by atoms with Gasteiger partial charge in [-0.2, -0.15) is 0 Å². The van der Waals surface area contributed by atoms with Gasteiger partial charge in [-0.3, -0.25) is 9.59 Å². The van der Waals surface area contributed by atoms with Crippen molar-refractivity contribution in [2.45, 2.75) is 140 Å². The minimum absolute atomic E-state index is 0.106. The van der Waals surface area contributed by atoms with Gasteiger partial charge in [0.05, 0.1) is 12.2 Å². The third-order valence-electron chi connectivity index (χ3n) is 9.60. The SMILES string of the molecule is CC1CCC(N)CC1NC(=O)C1CCC(OC2CCC(C(=O)NC3CC(N)CCC3C)CC2)CC1. The molecule has 0 radical (unpaired) electrons.